The molecule has 0 saturated heterocycles. The maximum Gasteiger partial charge on any atom is 0.107 e. The lowest BCUT2D eigenvalue weighted by atomic mass is 10.3. The zero-order valence-electron chi connectivity index (χ0n) is 10.4. The highest BCUT2D eigenvalue weighted by Crippen LogP contribution is 2.27. The third-order valence-corrected chi connectivity index (χ3v) is 5.82. The number of thiazole rings is 1. The zero-order valence-corrected chi connectivity index (χ0v) is 12.8. The number of hydrogen-bond acceptors (Lipinski definition) is 4. The minimum atomic E-state index is -1.25. The molecule has 1 atom stereocenters. The number of benzene rings is 2. The Morgan fingerprint density at radius 3 is 2.85 bits per heavy atom. The lowest BCUT2D eigenvalue weighted by Gasteiger charge is -2.04. The van der Waals surface area contributed by atoms with E-state index in [1.165, 1.54) is 0 Å². The van der Waals surface area contributed by atoms with E-state index in [0.717, 1.165) is 15.2 Å². The van der Waals surface area contributed by atoms with Gasteiger partial charge in [0.2, 0.25) is 0 Å². The number of fused-ring (bicyclic) bond motifs is 1. The third kappa shape index (κ3) is 2.70. The molecule has 0 aliphatic carbocycles. The summed E-state index contributed by atoms with van der Waals surface area (Å²) in [6, 6.07) is 12.9. The van der Waals surface area contributed by atoms with Crippen molar-refractivity contribution in [2.75, 3.05) is 5.73 Å². The Morgan fingerprint density at radius 2 is 2.05 bits per heavy atom. The molecule has 0 aliphatic heterocycles. The average Bonchev–Trinajstić information content (AvgIpc) is 2.83. The summed E-state index contributed by atoms with van der Waals surface area (Å²) in [5, 5.41) is 1.31. The molecular weight excluding hydrogens is 312 g/mol. The summed E-state index contributed by atoms with van der Waals surface area (Å²) in [4.78, 5) is 5.04. The zero-order chi connectivity index (χ0) is 14.1. The van der Waals surface area contributed by atoms with Gasteiger partial charge in [-0.25, -0.2) is 4.98 Å². The molecule has 6 heteroatoms. The second kappa shape index (κ2) is 5.52. The van der Waals surface area contributed by atoms with Gasteiger partial charge in [-0.05, 0) is 30.3 Å². The molecule has 0 aliphatic rings. The Kier molecular flexibility index (Phi) is 3.74. The highest BCUT2D eigenvalue weighted by atomic mass is 35.5. The predicted molar refractivity (Wildman–Crippen MR) is 85.6 cm³/mol. The van der Waals surface area contributed by atoms with Crippen molar-refractivity contribution in [1.29, 1.82) is 0 Å². The molecule has 0 radical (unpaired) electrons. The molecule has 0 saturated carbocycles. The Labute approximate surface area is 127 Å². The van der Waals surface area contributed by atoms with Crippen LogP contribution >= 0.6 is 22.9 Å². The Bertz CT molecular complexity index is 768. The van der Waals surface area contributed by atoms with Gasteiger partial charge in [-0.3, -0.25) is 4.21 Å². The van der Waals surface area contributed by atoms with Crippen LogP contribution in [0.2, 0.25) is 5.02 Å². The molecule has 2 aromatic carbocycles. The second-order valence-electron chi connectivity index (χ2n) is 4.26. The molecule has 1 aromatic heterocycles. The first-order valence-corrected chi connectivity index (χ1v) is 8.42. The number of nitrogen functional groups attached to an aromatic ring is 1. The van der Waals surface area contributed by atoms with E-state index in [4.69, 9.17) is 17.3 Å². The highest BCUT2D eigenvalue weighted by Gasteiger charge is 2.13. The monoisotopic (exact) mass is 322 g/mol. The number of aromatic nitrogens is 1. The van der Waals surface area contributed by atoms with Gasteiger partial charge >= 0.3 is 0 Å². The fourth-order valence-corrected chi connectivity index (χ4v) is 4.56. The molecule has 1 heterocycles. The maximum absolute atomic E-state index is 12.4. The van der Waals surface area contributed by atoms with E-state index in [1.54, 1.807) is 29.5 Å². The van der Waals surface area contributed by atoms with Gasteiger partial charge in [-0.15, -0.1) is 11.3 Å². The Morgan fingerprint density at radius 1 is 1.25 bits per heavy atom. The topological polar surface area (TPSA) is 56.0 Å². The SMILES string of the molecule is Nc1ccc(Cl)c(S(=O)Cc2nc3ccccc3s2)c1. The lowest BCUT2D eigenvalue weighted by molar-refractivity contribution is 0.682. The second-order valence-corrected chi connectivity index (χ2v) is 7.20. The average molecular weight is 323 g/mol. The van der Waals surface area contributed by atoms with Crippen LogP contribution in [0.5, 0.6) is 0 Å². The van der Waals surface area contributed by atoms with E-state index in [1.807, 2.05) is 24.3 Å². The smallest absolute Gasteiger partial charge is 0.107 e. The molecule has 0 bridgehead atoms. The number of rotatable bonds is 3. The van der Waals surface area contributed by atoms with Crippen molar-refractivity contribution in [3.05, 3.63) is 52.5 Å². The number of nitrogens with two attached hydrogens (primary N) is 1. The van der Waals surface area contributed by atoms with Crippen LogP contribution in [0.15, 0.2) is 47.4 Å². The van der Waals surface area contributed by atoms with E-state index in [0.29, 0.717) is 21.4 Å². The normalized spacial score (nSPS) is 12.7. The molecule has 3 aromatic rings. The van der Waals surface area contributed by atoms with Crippen molar-refractivity contribution in [3.8, 4) is 0 Å². The minimum Gasteiger partial charge on any atom is -0.399 e. The van der Waals surface area contributed by atoms with Crippen LogP contribution in [0.25, 0.3) is 10.2 Å². The van der Waals surface area contributed by atoms with Crippen LogP contribution in [0.3, 0.4) is 0 Å². The molecule has 0 amide bonds. The van der Waals surface area contributed by atoms with Crippen molar-refractivity contribution >= 4 is 49.6 Å². The van der Waals surface area contributed by atoms with E-state index in [2.05, 4.69) is 4.98 Å². The van der Waals surface area contributed by atoms with E-state index >= 15 is 0 Å². The molecule has 20 heavy (non-hydrogen) atoms. The minimum absolute atomic E-state index is 0.350. The lowest BCUT2D eigenvalue weighted by Crippen LogP contribution is -1.98. The van der Waals surface area contributed by atoms with Crippen molar-refractivity contribution in [3.63, 3.8) is 0 Å². The summed E-state index contributed by atoms with van der Waals surface area (Å²) in [5.74, 6) is 0.350. The molecule has 3 nitrogen and oxygen atoms in total. The number of nitrogens with zero attached hydrogens (tertiary/aromatic N) is 1. The first-order chi connectivity index (χ1) is 9.63. The predicted octanol–water partition coefficient (Wildman–Crippen LogP) is 3.84. The molecule has 2 N–H and O–H groups in total. The highest BCUT2D eigenvalue weighted by molar-refractivity contribution is 7.84. The summed E-state index contributed by atoms with van der Waals surface area (Å²) in [7, 11) is -1.25. The largest absolute Gasteiger partial charge is 0.399 e. The van der Waals surface area contributed by atoms with E-state index < -0.39 is 10.8 Å². The number of para-hydroxylation sites is 1. The fraction of sp³-hybridized carbons (Fsp3) is 0.0714. The summed E-state index contributed by atoms with van der Waals surface area (Å²) in [6.45, 7) is 0. The Balaban J connectivity index is 1.90. The summed E-state index contributed by atoms with van der Waals surface area (Å²) < 4.78 is 13.5. The molecule has 0 fully saturated rings. The first kappa shape index (κ1) is 13.5. The summed E-state index contributed by atoms with van der Waals surface area (Å²) in [5.41, 5.74) is 7.20. The van der Waals surface area contributed by atoms with Crippen molar-refractivity contribution < 1.29 is 4.21 Å². The van der Waals surface area contributed by atoms with Crippen molar-refractivity contribution in [1.82, 2.24) is 4.98 Å². The first-order valence-electron chi connectivity index (χ1n) is 5.91. The molecule has 1 unspecified atom stereocenters. The molecule has 3 rings (SSSR count). The van der Waals surface area contributed by atoms with Crippen molar-refractivity contribution in [2.45, 2.75) is 10.6 Å². The molecular formula is C14H11ClN2OS2. The van der Waals surface area contributed by atoms with Crippen LogP contribution in [-0.4, -0.2) is 9.19 Å². The van der Waals surface area contributed by atoms with E-state index in [-0.39, 0.29) is 0 Å². The van der Waals surface area contributed by atoms with Crippen LogP contribution in [0.4, 0.5) is 5.69 Å². The van der Waals surface area contributed by atoms with Crippen LogP contribution in [0.1, 0.15) is 5.01 Å². The van der Waals surface area contributed by atoms with Crippen LogP contribution < -0.4 is 5.73 Å². The number of anilines is 1. The molecule has 102 valence electrons. The van der Waals surface area contributed by atoms with Gasteiger partial charge in [0.15, 0.2) is 0 Å². The van der Waals surface area contributed by atoms with Gasteiger partial charge in [0.05, 0.1) is 36.7 Å². The number of halogens is 1. The van der Waals surface area contributed by atoms with Gasteiger partial charge in [-0.1, -0.05) is 23.7 Å². The number of hydrogen-bond donors (Lipinski definition) is 1. The van der Waals surface area contributed by atoms with Crippen molar-refractivity contribution in [2.24, 2.45) is 0 Å². The van der Waals surface area contributed by atoms with Gasteiger partial charge in [0, 0.05) is 5.69 Å². The maximum atomic E-state index is 12.4. The van der Waals surface area contributed by atoms with Crippen LogP contribution in [-0.2, 0) is 16.6 Å². The standard InChI is InChI=1S/C14H11ClN2OS2/c15-10-6-5-9(16)7-13(10)20(18)8-14-17-11-3-1-2-4-12(11)19-14/h1-7H,8,16H2. The fourth-order valence-electron chi connectivity index (χ4n) is 1.87. The Hall–Kier alpha value is -1.43. The van der Waals surface area contributed by atoms with Gasteiger partial charge in [0.25, 0.3) is 0 Å². The van der Waals surface area contributed by atoms with Gasteiger partial charge in [0.1, 0.15) is 5.01 Å². The van der Waals surface area contributed by atoms with Crippen LogP contribution in [0, 0.1) is 0 Å². The van der Waals surface area contributed by atoms with Gasteiger partial charge < -0.3 is 5.73 Å². The van der Waals surface area contributed by atoms with E-state index in [9.17, 15) is 4.21 Å². The summed E-state index contributed by atoms with van der Waals surface area (Å²) >= 11 is 7.62. The summed E-state index contributed by atoms with van der Waals surface area (Å²) in [6.07, 6.45) is 0. The third-order valence-electron chi connectivity index (χ3n) is 2.79. The molecule has 0 spiro atoms. The quantitative estimate of drug-likeness (QED) is 0.745. The van der Waals surface area contributed by atoms with Gasteiger partial charge in [-0.2, -0.15) is 0 Å².